The lowest BCUT2D eigenvalue weighted by Crippen LogP contribution is -2.01. The van der Waals surface area contributed by atoms with Crippen LogP contribution in [-0.2, 0) is 0 Å². The molecule has 0 bridgehead atoms. The molecular weight excluding hydrogens is 333 g/mol. The van der Waals surface area contributed by atoms with Crippen molar-refractivity contribution < 1.29 is 13.9 Å². The van der Waals surface area contributed by atoms with Crippen molar-refractivity contribution in [1.29, 1.82) is 0 Å². The minimum atomic E-state index is -0.342. The summed E-state index contributed by atoms with van der Waals surface area (Å²) in [6.45, 7) is 2.57. The molecule has 0 radical (unpaired) electrons. The molecule has 0 atom stereocenters. The van der Waals surface area contributed by atoms with Gasteiger partial charge in [0, 0.05) is 5.56 Å². The summed E-state index contributed by atoms with van der Waals surface area (Å²) < 4.78 is 20.2. The van der Waals surface area contributed by atoms with Crippen LogP contribution in [-0.4, -0.2) is 23.1 Å². The zero-order chi connectivity index (χ0) is 16.2. The second kappa shape index (κ2) is 7.10. The highest BCUT2D eigenvalue weighted by Crippen LogP contribution is 2.32. The van der Waals surface area contributed by atoms with Gasteiger partial charge in [-0.25, -0.2) is 9.37 Å². The molecule has 0 aliphatic carbocycles. The number of thiazole rings is 1. The van der Waals surface area contributed by atoms with Gasteiger partial charge in [0.25, 0.3) is 0 Å². The predicted octanol–water partition coefficient (Wildman–Crippen LogP) is 4.81. The number of carbonyl (C=O) groups excluding carboxylic acids is 1. The van der Waals surface area contributed by atoms with E-state index in [1.165, 1.54) is 47.4 Å². The van der Waals surface area contributed by atoms with E-state index in [0.29, 0.717) is 12.2 Å². The maximum Gasteiger partial charge on any atom is 0.173 e. The van der Waals surface area contributed by atoms with Crippen LogP contribution in [0.15, 0.2) is 46.8 Å². The number of fused-ring (bicyclic) bond motifs is 1. The number of ether oxygens (including phenoxy) is 1. The van der Waals surface area contributed by atoms with Gasteiger partial charge in [-0.05, 0) is 49.4 Å². The molecule has 3 rings (SSSR count). The summed E-state index contributed by atoms with van der Waals surface area (Å²) >= 11 is 2.93. The van der Waals surface area contributed by atoms with E-state index in [0.717, 1.165) is 20.3 Å². The highest BCUT2D eigenvalue weighted by atomic mass is 32.2. The molecule has 1 heterocycles. The van der Waals surface area contributed by atoms with Crippen LogP contribution in [0, 0.1) is 5.82 Å². The van der Waals surface area contributed by atoms with E-state index in [4.69, 9.17) is 4.74 Å². The topological polar surface area (TPSA) is 39.2 Å². The molecule has 0 N–H and O–H groups in total. The first-order chi connectivity index (χ1) is 11.2. The smallest absolute Gasteiger partial charge is 0.173 e. The Hall–Kier alpha value is -1.92. The first kappa shape index (κ1) is 16.0. The van der Waals surface area contributed by atoms with Crippen LogP contribution in [0.5, 0.6) is 5.75 Å². The fraction of sp³-hybridized carbons (Fsp3) is 0.176. The van der Waals surface area contributed by atoms with Crippen LogP contribution in [0.4, 0.5) is 4.39 Å². The molecule has 0 saturated carbocycles. The summed E-state index contributed by atoms with van der Waals surface area (Å²) in [6, 6.07) is 11.4. The number of nitrogens with zero attached hydrogens (tertiary/aromatic N) is 1. The van der Waals surface area contributed by atoms with Gasteiger partial charge >= 0.3 is 0 Å². The van der Waals surface area contributed by atoms with Gasteiger partial charge in [0.1, 0.15) is 11.6 Å². The van der Waals surface area contributed by atoms with E-state index in [9.17, 15) is 9.18 Å². The molecular formula is C17H14FNO2S2. The fourth-order valence-corrected chi connectivity index (χ4v) is 4.04. The van der Waals surface area contributed by atoms with Crippen molar-refractivity contribution in [3.8, 4) is 5.75 Å². The molecule has 0 aliphatic rings. The Balaban J connectivity index is 1.69. The van der Waals surface area contributed by atoms with Crippen molar-refractivity contribution in [2.45, 2.75) is 11.3 Å². The van der Waals surface area contributed by atoms with Crippen LogP contribution < -0.4 is 4.74 Å². The van der Waals surface area contributed by atoms with Crippen molar-refractivity contribution in [2.75, 3.05) is 12.4 Å². The predicted molar refractivity (Wildman–Crippen MR) is 92.2 cm³/mol. The van der Waals surface area contributed by atoms with Crippen molar-refractivity contribution >= 4 is 39.1 Å². The number of Topliss-reactive ketones (excluding diaryl/α,β-unsaturated/α-hetero) is 1. The summed E-state index contributed by atoms with van der Waals surface area (Å²) in [5.74, 6) is 0.723. The van der Waals surface area contributed by atoms with Gasteiger partial charge in [0.2, 0.25) is 0 Å². The normalized spacial score (nSPS) is 10.9. The molecule has 1 aromatic heterocycles. The molecule has 3 nitrogen and oxygen atoms in total. The molecule has 118 valence electrons. The lowest BCUT2D eigenvalue weighted by Gasteiger charge is -2.00. The van der Waals surface area contributed by atoms with E-state index >= 15 is 0 Å². The monoisotopic (exact) mass is 347 g/mol. The zero-order valence-electron chi connectivity index (χ0n) is 12.4. The van der Waals surface area contributed by atoms with Crippen molar-refractivity contribution in [3.63, 3.8) is 0 Å². The van der Waals surface area contributed by atoms with E-state index in [1.54, 1.807) is 0 Å². The van der Waals surface area contributed by atoms with Crippen LogP contribution >= 0.6 is 23.1 Å². The van der Waals surface area contributed by atoms with Gasteiger partial charge in [-0.2, -0.15) is 0 Å². The highest BCUT2D eigenvalue weighted by Gasteiger charge is 2.10. The molecule has 0 unspecified atom stereocenters. The Morgan fingerprint density at radius 1 is 1.26 bits per heavy atom. The molecule has 6 heteroatoms. The third-order valence-corrected chi connectivity index (χ3v) is 5.31. The van der Waals surface area contributed by atoms with E-state index in [-0.39, 0.29) is 17.4 Å². The summed E-state index contributed by atoms with van der Waals surface area (Å²) in [6.07, 6.45) is 0. The molecule has 23 heavy (non-hydrogen) atoms. The first-order valence-electron chi connectivity index (χ1n) is 7.10. The second-order valence-electron chi connectivity index (χ2n) is 4.76. The van der Waals surface area contributed by atoms with E-state index in [1.807, 2.05) is 25.1 Å². The lowest BCUT2D eigenvalue weighted by molar-refractivity contribution is 0.102. The van der Waals surface area contributed by atoms with Crippen LogP contribution in [0.1, 0.15) is 17.3 Å². The average Bonchev–Trinajstić information content (AvgIpc) is 2.96. The van der Waals surface area contributed by atoms with E-state index < -0.39 is 0 Å². The quantitative estimate of drug-likeness (QED) is 0.474. The second-order valence-corrected chi connectivity index (χ2v) is 7.01. The zero-order valence-corrected chi connectivity index (χ0v) is 14.0. The SMILES string of the molecule is CCOc1ccc2nc(SCC(=O)c3ccc(F)cc3)sc2c1. The van der Waals surface area contributed by atoms with Gasteiger partial charge in [0.15, 0.2) is 10.1 Å². The fourth-order valence-electron chi connectivity index (χ4n) is 2.05. The molecule has 0 saturated heterocycles. The number of thioether (sulfide) groups is 1. The van der Waals surface area contributed by atoms with Gasteiger partial charge in [-0.1, -0.05) is 11.8 Å². The van der Waals surface area contributed by atoms with Crippen molar-refractivity contribution in [3.05, 3.63) is 53.8 Å². The standard InChI is InChI=1S/C17H14FNO2S2/c1-2-21-13-7-8-14-16(9-13)23-17(19-14)22-10-15(20)11-3-5-12(18)6-4-11/h3-9H,2,10H2,1H3. The maximum absolute atomic E-state index is 12.9. The van der Waals surface area contributed by atoms with E-state index in [2.05, 4.69) is 4.98 Å². The van der Waals surface area contributed by atoms with Gasteiger partial charge in [0.05, 0.1) is 22.6 Å². The Morgan fingerprint density at radius 2 is 2.04 bits per heavy atom. The molecule has 0 spiro atoms. The number of hydrogen-bond donors (Lipinski definition) is 0. The van der Waals surface area contributed by atoms with Gasteiger partial charge < -0.3 is 4.74 Å². The van der Waals surface area contributed by atoms with Crippen LogP contribution in [0.3, 0.4) is 0 Å². The summed E-state index contributed by atoms with van der Waals surface area (Å²) in [7, 11) is 0. The highest BCUT2D eigenvalue weighted by molar-refractivity contribution is 8.01. The van der Waals surface area contributed by atoms with Gasteiger partial charge in [-0.3, -0.25) is 4.79 Å². The maximum atomic E-state index is 12.9. The average molecular weight is 347 g/mol. The Morgan fingerprint density at radius 3 is 2.78 bits per heavy atom. The molecule has 2 aromatic carbocycles. The first-order valence-corrected chi connectivity index (χ1v) is 8.91. The minimum absolute atomic E-state index is 0.0377. The number of carbonyl (C=O) groups is 1. The molecule has 0 amide bonds. The number of halogens is 1. The summed E-state index contributed by atoms with van der Waals surface area (Å²) in [5, 5.41) is 0. The third-order valence-electron chi connectivity index (χ3n) is 3.14. The van der Waals surface area contributed by atoms with Crippen molar-refractivity contribution in [2.24, 2.45) is 0 Å². The molecule has 3 aromatic rings. The summed E-state index contributed by atoms with van der Waals surface area (Å²) in [4.78, 5) is 16.6. The number of hydrogen-bond acceptors (Lipinski definition) is 5. The number of ketones is 1. The minimum Gasteiger partial charge on any atom is -0.494 e. The third kappa shape index (κ3) is 3.89. The van der Waals surface area contributed by atoms with Crippen LogP contribution in [0.2, 0.25) is 0 Å². The van der Waals surface area contributed by atoms with Crippen molar-refractivity contribution in [1.82, 2.24) is 4.98 Å². The molecule has 0 aliphatic heterocycles. The largest absolute Gasteiger partial charge is 0.494 e. The number of rotatable bonds is 6. The van der Waals surface area contributed by atoms with Gasteiger partial charge in [-0.15, -0.1) is 11.3 Å². The Bertz CT molecular complexity index is 830. The lowest BCUT2D eigenvalue weighted by atomic mass is 10.1. The molecule has 0 fully saturated rings. The summed E-state index contributed by atoms with van der Waals surface area (Å²) in [5.41, 5.74) is 1.41. The van der Waals surface area contributed by atoms with Crippen LogP contribution in [0.25, 0.3) is 10.2 Å². The number of benzene rings is 2. The Labute approximate surface area is 141 Å². The number of aromatic nitrogens is 1. The Kier molecular flexibility index (Phi) is 4.93.